The zero-order chi connectivity index (χ0) is 18.8. The minimum absolute atomic E-state index is 0.211. The summed E-state index contributed by atoms with van der Waals surface area (Å²) in [6.07, 6.45) is -1.21. The van der Waals surface area contributed by atoms with Gasteiger partial charge >= 0.3 is 5.97 Å². The first-order valence-electron chi connectivity index (χ1n) is 6.67. The van der Waals surface area contributed by atoms with E-state index < -0.39 is 38.9 Å². The van der Waals surface area contributed by atoms with Crippen LogP contribution in [0.25, 0.3) is 0 Å². The molecule has 1 aromatic heterocycles. The highest BCUT2D eigenvalue weighted by atomic mass is 35.5. The number of carbonyl (C=O) groups excluding carboxylic acids is 2. The van der Waals surface area contributed by atoms with Gasteiger partial charge < -0.3 is 14.5 Å². The maximum atomic E-state index is 12.1. The molecule has 0 radical (unpaired) electrons. The second kappa shape index (κ2) is 7.44. The van der Waals surface area contributed by atoms with Crippen molar-refractivity contribution in [3.05, 3.63) is 46.1 Å². The Morgan fingerprint density at radius 2 is 1.92 bits per heavy atom. The van der Waals surface area contributed by atoms with E-state index in [1.54, 1.807) is 0 Å². The summed E-state index contributed by atoms with van der Waals surface area (Å²) < 4.78 is 31.9. The van der Waals surface area contributed by atoms with Crippen molar-refractivity contribution in [3.63, 3.8) is 0 Å². The molecule has 8 nitrogen and oxygen atoms in total. The predicted molar refractivity (Wildman–Crippen MR) is 90.1 cm³/mol. The third kappa shape index (κ3) is 4.95. The van der Waals surface area contributed by atoms with Crippen molar-refractivity contribution in [2.75, 3.05) is 5.32 Å². The average Bonchev–Trinajstić information content (AvgIpc) is 3.00. The first kappa shape index (κ1) is 19.3. The van der Waals surface area contributed by atoms with E-state index in [2.05, 4.69) is 5.32 Å². The number of nitrogens with two attached hydrogens (primary N) is 1. The fourth-order valence-corrected chi connectivity index (χ4v) is 2.60. The number of amides is 1. The van der Waals surface area contributed by atoms with Gasteiger partial charge in [0.2, 0.25) is 10.9 Å². The lowest BCUT2D eigenvalue weighted by atomic mass is 10.3. The smallest absolute Gasteiger partial charge is 0.375 e. The van der Waals surface area contributed by atoms with Crippen molar-refractivity contribution >= 4 is 50.8 Å². The van der Waals surface area contributed by atoms with Gasteiger partial charge in [-0.05, 0) is 37.3 Å². The highest BCUT2D eigenvalue weighted by molar-refractivity contribution is 7.89. The van der Waals surface area contributed by atoms with Crippen LogP contribution in [0.4, 0.5) is 5.69 Å². The van der Waals surface area contributed by atoms with Gasteiger partial charge in [-0.2, -0.15) is 0 Å². The molecule has 2 rings (SSSR count). The number of halogens is 2. The molecule has 1 atom stereocenters. The molecule has 1 heterocycles. The highest BCUT2D eigenvalue weighted by Crippen LogP contribution is 2.25. The molecule has 0 bridgehead atoms. The highest BCUT2D eigenvalue weighted by Gasteiger charge is 2.23. The molecule has 1 aromatic carbocycles. The van der Waals surface area contributed by atoms with E-state index in [-0.39, 0.29) is 10.7 Å². The van der Waals surface area contributed by atoms with Gasteiger partial charge in [-0.3, -0.25) is 4.79 Å². The van der Waals surface area contributed by atoms with Crippen molar-refractivity contribution in [2.24, 2.45) is 5.14 Å². The van der Waals surface area contributed by atoms with Crippen LogP contribution in [0.15, 0.2) is 39.8 Å². The molecule has 134 valence electrons. The first-order valence-corrected chi connectivity index (χ1v) is 8.97. The Morgan fingerprint density at radius 1 is 1.24 bits per heavy atom. The number of furan rings is 1. The van der Waals surface area contributed by atoms with Crippen molar-refractivity contribution in [1.82, 2.24) is 0 Å². The zero-order valence-corrected chi connectivity index (χ0v) is 15.0. The van der Waals surface area contributed by atoms with Crippen LogP contribution in [0.2, 0.25) is 10.0 Å². The molecule has 0 saturated heterocycles. The standard InChI is InChI=1S/C14H12Cl2N2O6S/c1-7(13(19)18-10-3-2-8(15)6-9(10)16)23-14(20)11-4-5-12(24-11)25(17,21)22/h2-7H,1H3,(H,18,19)(H2,17,21,22). The Kier molecular flexibility index (Phi) is 5.73. The molecule has 0 aliphatic heterocycles. The minimum atomic E-state index is -4.09. The van der Waals surface area contributed by atoms with Crippen LogP contribution < -0.4 is 10.5 Å². The summed E-state index contributed by atoms with van der Waals surface area (Å²) in [5.74, 6) is -2.09. The van der Waals surface area contributed by atoms with Crippen LogP contribution >= 0.6 is 23.2 Å². The topological polar surface area (TPSA) is 129 Å². The van der Waals surface area contributed by atoms with Crippen molar-refractivity contribution in [2.45, 2.75) is 18.1 Å². The van der Waals surface area contributed by atoms with Gasteiger partial charge in [0.15, 0.2) is 6.10 Å². The summed E-state index contributed by atoms with van der Waals surface area (Å²) in [5.41, 5.74) is 0.286. The second-order valence-corrected chi connectivity index (χ2v) is 7.16. The van der Waals surface area contributed by atoms with Crippen LogP contribution in [0.3, 0.4) is 0 Å². The number of hydrogen-bond acceptors (Lipinski definition) is 6. The number of ether oxygens (including phenoxy) is 1. The number of benzene rings is 1. The molecule has 0 fully saturated rings. The molecule has 25 heavy (non-hydrogen) atoms. The monoisotopic (exact) mass is 406 g/mol. The number of primary sulfonamides is 1. The average molecular weight is 407 g/mol. The largest absolute Gasteiger partial charge is 0.447 e. The van der Waals surface area contributed by atoms with Gasteiger partial charge in [-0.15, -0.1) is 0 Å². The maximum absolute atomic E-state index is 12.1. The molecular formula is C14H12Cl2N2O6S. The molecule has 3 N–H and O–H groups in total. The Morgan fingerprint density at radius 3 is 2.48 bits per heavy atom. The third-order valence-corrected chi connectivity index (χ3v) is 4.23. The molecule has 1 unspecified atom stereocenters. The summed E-state index contributed by atoms with van der Waals surface area (Å²) in [6, 6.07) is 6.53. The van der Waals surface area contributed by atoms with E-state index >= 15 is 0 Å². The van der Waals surface area contributed by atoms with Crippen LogP contribution in [-0.2, 0) is 19.6 Å². The van der Waals surface area contributed by atoms with Gasteiger partial charge in [0.05, 0.1) is 10.7 Å². The number of carbonyl (C=O) groups is 2. The number of esters is 1. The van der Waals surface area contributed by atoms with Crippen molar-refractivity contribution in [3.8, 4) is 0 Å². The fraction of sp³-hybridized carbons (Fsp3) is 0.143. The van der Waals surface area contributed by atoms with E-state index in [1.165, 1.54) is 25.1 Å². The van der Waals surface area contributed by atoms with Crippen LogP contribution in [0.5, 0.6) is 0 Å². The first-order chi connectivity index (χ1) is 11.6. The normalized spacial score (nSPS) is 12.5. The third-order valence-electron chi connectivity index (χ3n) is 2.90. The molecule has 0 spiro atoms. The SMILES string of the molecule is CC(OC(=O)c1ccc(S(N)(=O)=O)o1)C(=O)Nc1ccc(Cl)cc1Cl. The molecule has 0 aliphatic carbocycles. The quantitative estimate of drug-likeness (QED) is 0.733. The lowest BCUT2D eigenvalue weighted by Crippen LogP contribution is -2.30. The number of hydrogen-bond donors (Lipinski definition) is 2. The molecule has 1 amide bonds. The van der Waals surface area contributed by atoms with Crippen LogP contribution in [-0.4, -0.2) is 26.4 Å². The minimum Gasteiger partial charge on any atom is -0.447 e. The van der Waals surface area contributed by atoms with Gasteiger partial charge in [0.1, 0.15) is 0 Å². The lowest BCUT2D eigenvalue weighted by Gasteiger charge is -2.13. The molecule has 11 heteroatoms. The summed E-state index contributed by atoms with van der Waals surface area (Å²) >= 11 is 11.7. The molecule has 0 saturated carbocycles. The number of rotatable bonds is 5. The predicted octanol–water partition coefficient (Wildman–Crippen LogP) is 2.42. The fourth-order valence-electron chi connectivity index (χ4n) is 1.68. The summed E-state index contributed by atoms with van der Waals surface area (Å²) in [7, 11) is -4.09. The Labute approximate surface area is 152 Å². The van der Waals surface area contributed by atoms with Crippen molar-refractivity contribution < 1.29 is 27.2 Å². The maximum Gasteiger partial charge on any atom is 0.375 e. The number of nitrogens with one attached hydrogen (secondary N) is 1. The summed E-state index contributed by atoms with van der Waals surface area (Å²) in [6.45, 7) is 1.32. The Hall–Kier alpha value is -2.07. The Balaban J connectivity index is 2.03. The molecule has 2 aromatic rings. The van der Waals surface area contributed by atoms with Crippen LogP contribution in [0.1, 0.15) is 17.5 Å². The lowest BCUT2D eigenvalue weighted by molar-refractivity contribution is -0.123. The van der Waals surface area contributed by atoms with E-state index in [4.69, 9.17) is 37.5 Å². The number of anilines is 1. The van der Waals surface area contributed by atoms with E-state index in [9.17, 15) is 18.0 Å². The van der Waals surface area contributed by atoms with Gasteiger partial charge in [-0.25, -0.2) is 18.4 Å². The van der Waals surface area contributed by atoms with Crippen molar-refractivity contribution in [1.29, 1.82) is 0 Å². The number of sulfonamides is 1. The zero-order valence-electron chi connectivity index (χ0n) is 12.7. The summed E-state index contributed by atoms with van der Waals surface area (Å²) in [5, 5.41) is 7.35. The van der Waals surface area contributed by atoms with Crippen LogP contribution in [0, 0.1) is 0 Å². The van der Waals surface area contributed by atoms with Gasteiger partial charge in [0, 0.05) is 5.02 Å². The molecular weight excluding hydrogens is 395 g/mol. The van der Waals surface area contributed by atoms with E-state index in [1.807, 2.05) is 0 Å². The van der Waals surface area contributed by atoms with E-state index in [0.29, 0.717) is 5.02 Å². The second-order valence-electron chi connectivity index (χ2n) is 4.82. The van der Waals surface area contributed by atoms with Gasteiger partial charge in [0.25, 0.3) is 15.9 Å². The summed E-state index contributed by atoms with van der Waals surface area (Å²) in [4.78, 5) is 23.9. The van der Waals surface area contributed by atoms with E-state index in [0.717, 1.165) is 12.1 Å². The Bertz CT molecular complexity index is 925. The van der Waals surface area contributed by atoms with Gasteiger partial charge in [-0.1, -0.05) is 23.2 Å². The molecule has 0 aliphatic rings.